The zero-order valence-corrected chi connectivity index (χ0v) is 20.4. The van der Waals surface area contributed by atoms with Gasteiger partial charge in [-0.3, -0.25) is 14.6 Å². The van der Waals surface area contributed by atoms with Gasteiger partial charge in [0, 0.05) is 17.1 Å². The Hall–Kier alpha value is -3.74. The number of benzene rings is 1. The second kappa shape index (κ2) is 8.68. The Morgan fingerprint density at radius 3 is 2.35 bits per heavy atom. The fourth-order valence-electron chi connectivity index (χ4n) is 5.18. The number of rotatable bonds is 6. The van der Waals surface area contributed by atoms with Gasteiger partial charge in [-0.25, -0.2) is 0 Å². The number of carbonyl (C=O) groups is 2. The van der Waals surface area contributed by atoms with E-state index in [4.69, 9.17) is 9.15 Å². The lowest BCUT2D eigenvalue weighted by atomic mass is 9.80. The van der Waals surface area contributed by atoms with Crippen LogP contribution in [-0.4, -0.2) is 46.2 Å². The van der Waals surface area contributed by atoms with E-state index in [0.29, 0.717) is 37.0 Å². The molecule has 0 atom stereocenters. The number of carbonyl (C=O) groups excluding carboxylic acids is 2. The molecule has 2 saturated carbocycles. The molecule has 3 fully saturated rings. The molecule has 0 bridgehead atoms. The van der Waals surface area contributed by atoms with E-state index in [-0.39, 0.29) is 24.9 Å². The first-order chi connectivity index (χ1) is 17.8. The van der Waals surface area contributed by atoms with Crippen LogP contribution in [0.4, 0.5) is 0 Å². The highest BCUT2D eigenvalue weighted by molar-refractivity contribution is 6.00. The average Bonchev–Trinajstić information content (AvgIpc) is 3.54. The number of nitrogens with zero attached hydrogens (tertiary/aromatic N) is 2. The maximum absolute atomic E-state index is 13.3. The van der Waals surface area contributed by atoms with E-state index < -0.39 is 22.6 Å². The van der Waals surface area contributed by atoms with Crippen LogP contribution in [0.25, 0.3) is 22.1 Å². The lowest BCUT2D eigenvalue weighted by Gasteiger charge is -2.37. The minimum absolute atomic E-state index is 0.131. The van der Waals surface area contributed by atoms with Gasteiger partial charge in [-0.05, 0) is 49.4 Å². The predicted octanol–water partition coefficient (Wildman–Crippen LogP) is 3.32. The molecule has 9 heteroatoms. The first-order valence-electron chi connectivity index (χ1n) is 12.7. The largest absolute Gasteiger partial charge is 0.451 e. The number of nitrogens with one attached hydrogen (secondary N) is 2. The van der Waals surface area contributed by atoms with Gasteiger partial charge in [-0.2, -0.15) is 5.26 Å². The number of hydrogen-bond donors (Lipinski definition) is 3. The summed E-state index contributed by atoms with van der Waals surface area (Å²) in [6.45, 7) is 0.482. The van der Waals surface area contributed by atoms with Crippen LogP contribution in [0.2, 0.25) is 0 Å². The van der Waals surface area contributed by atoms with Crippen molar-refractivity contribution < 1.29 is 23.8 Å². The number of ether oxygens (including phenoxy) is 1. The summed E-state index contributed by atoms with van der Waals surface area (Å²) in [5.41, 5.74) is -0.0373. The smallest absolute Gasteiger partial charge is 0.287 e. The number of aromatic nitrogens is 1. The maximum atomic E-state index is 13.3. The third-order valence-electron chi connectivity index (χ3n) is 7.81. The minimum Gasteiger partial charge on any atom is -0.451 e. The lowest BCUT2D eigenvalue weighted by molar-refractivity contribution is -0.186. The van der Waals surface area contributed by atoms with E-state index in [2.05, 4.69) is 21.7 Å². The number of aliphatic hydroxyl groups is 1. The Morgan fingerprint density at radius 2 is 1.73 bits per heavy atom. The molecule has 6 rings (SSSR count). The molecule has 1 aromatic carbocycles. The first-order valence-corrected chi connectivity index (χ1v) is 12.7. The summed E-state index contributed by atoms with van der Waals surface area (Å²) in [6.07, 6.45) is 6.69. The number of hydrogen-bond acceptors (Lipinski definition) is 7. The van der Waals surface area contributed by atoms with E-state index in [1.807, 2.05) is 24.3 Å². The van der Waals surface area contributed by atoms with Crippen LogP contribution in [0.3, 0.4) is 0 Å². The summed E-state index contributed by atoms with van der Waals surface area (Å²) in [4.78, 5) is 30.9. The van der Waals surface area contributed by atoms with Crippen LogP contribution < -0.4 is 10.6 Å². The van der Waals surface area contributed by atoms with Crippen molar-refractivity contribution in [2.24, 2.45) is 0 Å². The second-order valence-electron chi connectivity index (χ2n) is 10.6. The highest BCUT2D eigenvalue weighted by atomic mass is 16.5. The fourth-order valence-corrected chi connectivity index (χ4v) is 5.18. The van der Waals surface area contributed by atoms with Crippen molar-refractivity contribution in [1.29, 1.82) is 5.26 Å². The molecule has 1 saturated heterocycles. The Balaban J connectivity index is 1.22. The SMILES string of the molecule is N#CC1(NC(=O)C2(NC(=O)c3cc4ccc(-c5ccc(C6(O)COC6)nc5)cc4o3)CCCCC2)CC1. The molecule has 3 N–H and O–H groups in total. The number of furan rings is 1. The van der Waals surface area contributed by atoms with Crippen LogP contribution in [0.15, 0.2) is 47.0 Å². The maximum Gasteiger partial charge on any atom is 0.287 e. The molecule has 1 aliphatic heterocycles. The van der Waals surface area contributed by atoms with E-state index in [9.17, 15) is 20.0 Å². The van der Waals surface area contributed by atoms with Gasteiger partial charge >= 0.3 is 0 Å². The van der Waals surface area contributed by atoms with Crippen LogP contribution in [-0.2, 0) is 15.1 Å². The quantitative estimate of drug-likeness (QED) is 0.472. The summed E-state index contributed by atoms with van der Waals surface area (Å²) in [5.74, 6) is -0.599. The lowest BCUT2D eigenvalue weighted by Crippen LogP contribution is -2.61. The van der Waals surface area contributed by atoms with E-state index >= 15 is 0 Å². The summed E-state index contributed by atoms with van der Waals surface area (Å²) in [6, 6.07) is 13.2. The van der Waals surface area contributed by atoms with Gasteiger partial charge in [-0.1, -0.05) is 37.5 Å². The number of pyridine rings is 1. The Labute approximate surface area is 213 Å². The van der Waals surface area contributed by atoms with E-state index in [1.165, 1.54) is 0 Å². The van der Waals surface area contributed by atoms with Crippen molar-refractivity contribution in [2.45, 2.75) is 61.6 Å². The van der Waals surface area contributed by atoms with Gasteiger partial charge in [0.25, 0.3) is 5.91 Å². The van der Waals surface area contributed by atoms with Crippen LogP contribution in [0.1, 0.15) is 61.2 Å². The second-order valence-corrected chi connectivity index (χ2v) is 10.6. The minimum atomic E-state index is -1.05. The van der Waals surface area contributed by atoms with Crippen molar-refractivity contribution in [3.63, 3.8) is 0 Å². The van der Waals surface area contributed by atoms with Crippen molar-refractivity contribution in [2.75, 3.05) is 13.2 Å². The Bertz CT molecular complexity index is 1410. The van der Waals surface area contributed by atoms with Gasteiger partial charge in [-0.15, -0.1) is 0 Å². The fraction of sp³-hybridized carbons (Fsp3) is 0.429. The van der Waals surface area contributed by atoms with Crippen LogP contribution in [0.5, 0.6) is 0 Å². The summed E-state index contributed by atoms with van der Waals surface area (Å²) >= 11 is 0. The highest BCUT2D eigenvalue weighted by Gasteiger charge is 2.50. The van der Waals surface area contributed by atoms with E-state index in [1.54, 1.807) is 18.3 Å². The molecule has 2 aromatic heterocycles. The molecule has 0 radical (unpaired) electrons. The van der Waals surface area contributed by atoms with Gasteiger partial charge in [0.15, 0.2) is 11.4 Å². The molecule has 2 aliphatic carbocycles. The van der Waals surface area contributed by atoms with Crippen molar-refractivity contribution >= 4 is 22.8 Å². The van der Waals surface area contributed by atoms with Gasteiger partial charge in [0.1, 0.15) is 16.7 Å². The third-order valence-corrected chi connectivity index (χ3v) is 7.81. The average molecular weight is 501 g/mol. The standard InChI is InChI=1S/C28H28N4O5/c29-15-26(10-11-26)32-25(34)27(8-2-1-3-9-27)31-24(33)22-13-19-5-4-18(12-21(19)37-22)20-6-7-23(30-14-20)28(35)16-36-17-28/h4-7,12-14,35H,1-3,8-11,16-17H2,(H,31,33)(H,32,34). The highest BCUT2D eigenvalue weighted by Crippen LogP contribution is 2.37. The molecule has 0 unspecified atom stereocenters. The molecule has 9 nitrogen and oxygen atoms in total. The summed E-state index contributed by atoms with van der Waals surface area (Å²) < 4.78 is 11.0. The molecular weight excluding hydrogens is 472 g/mol. The topological polar surface area (TPSA) is 137 Å². The van der Waals surface area contributed by atoms with Crippen molar-refractivity contribution in [3.05, 3.63) is 54.0 Å². The normalized spacial score (nSPS) is 20.9. The van der Waals surface area contributed by atoms with E-state index in [0.717, 1.165) is 35.8 Å². The zero-order chi connectivity index (χ0) is 25.7. The monoisotopic (exact) mass is 500 g/mol. The Kier molecular flexibility index (Phi) is 5.55. The molecule has 2 amide bonds. The molecule has 190 valence electrons. The molecule has 37 heavy (non-hydrogen) atoms. The molecular formula is C28H28N4O5. The predicted molar refractivity (Wildman–Crippen MR) is 133 cm³/mol. The zero-order valence-electron chi connectivity index (χ0n) is 20.4. The Morgan fingerprint density at radius 1 is 0.973 bits per heavy atom. The third kappa shape index (κ3) is 4.26. The molecule has 0 spiro atoms. The molecule has 3 aromatic rings. The van der Waals surface area contributed by atoms with Crippen molar-refractivity contribution in [3.8, 4) is 17.2 Å². The molecule has 3 aliphatic rings. The van der Waals surface area contributed by atoms with Crippen molar-refractivity contribution in [1.82, 2.24) is 15.6 Å². The van der Waals surface area contributed by atoms with Gasteiger partial charge in [0.05, 0.1) is 25.0 Å². The number of fused-ring (bicyclic) bond motifs is 1. The summed E-state index contributed by atoms with van der Waals surface area (Å²) in [5, 5.41) is 26.4. The number of nitriles is 1. The molecule has 3 heterocycles. The van der Waals surface area contributed by atoms with Crippen LogP contribution in [0, 0.1) is 11.3 Å². The van der Waals surface area contributed by atoms with Crippen LogP contribution >= 0.6 is 0 Å². The van der Waals surface area contributed by atoms with Gasteiger partial charge < -0.3 is 24.9 Å². The number of amides is 2. The van der Waals surface area contributed by atoms with Gasteiger partial charge in [0.2, 0.25) is 5.91 Å². The first kappa shape index (κ1) is 23.6. The summed E-state index contributed by atoms with van der Waals surface area (Å²) in [7, 11) is 0.